The number of aromatic nitrogens is 1. The number of aryl methyl sites for hydroxylation is 2. The highest BCUT2D eigenvalue weighted by molar-refractivity contribution is 7.89. The van der Waals surface area contributed by atoms with Gasteiger partial charge in [0.1, 0.15) is 0 Å². The minimum absolute atomic E-state index is 0.0855. The fourth-order valence-electron chi connectivity index (χ4n) is 4.33. The summed E-state index contributed by atoms with van der Waals surface area (Å²) in [6.07, 6.45) is 8.66. The van der Waals surface area contributed by atoms with Gasteiger partial charge in [-0.05, 0) is 67.5 Å². The Morgan fingerprint density at radius 2 is 1.68 bits per heavy atom. The highest BCUT2D eigenvalue weighted by Crippen LogP contribution is 2.24. The largest absolute Gasteiger partial charge is 0.368 e. The van der Waals surface area contributed by atoms with Gasteiger partial charge in [0.15, 0.2) is 0 Å². The van der Waals surface area contributed by atoms with Crippen molar-refractivity contribution in [3.63, 3.8) is 0 Å². The van der Waals surface area contributed by atoms with Gasteiger partial charge in [-0.25, -0.2) is 13.1 Å². The van der Waals surface area contributed by atoms with Crippen molar-refractivity contribution >= 4 is 21.6 Å². The van der Waals surface area contributed by atoms with Crippen molar-refractivity contribution in [2.75, 3.05) is 37.6 Å². The number of nitrogens with zero attached hydrogens (tertiary/aromatic N) is 3. The number of carbonyl (C=O) groups is 1. The number of amides is 1. The van der Waals surface area contributed by atoms with Gasteiger partial charge in [-0.1, -0.05) is 6.07 Å². The second-order valence-electron chi connectivity index (χ2n) is 8.21. The van der Waals surface area contributed by atoms with E-state index in [0.717, 1.165) is 43.6 Å². The van der Waals surface area contributed by atoms with Crippen LogP contribution in [0.25, 0.3) is 0 Å². The van der Waals surface area contributed by atoms with Crippen molar-refractivity contribution in [1.82, 2.24) is 14.6 Å². The van der Waals surface area contributed by atoms with Gasteiger partial charge >= 0.3 is 0 Å². The Labute approximate surface area is 184 Å². The topological polar surface area (TPSA) is 82.6 Å². The number of hydrogen-bond donors (Lipinski definition) is 1. The second-order valence-corrected chi connectivity index (χ2v) is 9.98. The van der Waals surface area contributed by atoms with Gasteiger partial charge < -0.3 is 9.80 Å². The Balaban J connectivity index is 1.21. The Morgan fingerprint density at radius 3 is 2.42 bits per heavy atom. The van der Waals surface area contributed by atoms with Crippen LogP contribution in [-0.4, -0.2) is 56.9 Å². The third-order valence-electron chi connectivity index (χ3n) is 6.15. The maximum atomic E-state index is 12.6. The second kappa shape index (κ2) is 9.78. The third-order valence-corrected chi connectivity index (χ3v) is 7.61. The molecule has 31 heavy (non-hydrogen) atoms. The van der Waals surface area contributed by atoms with Crippen LogP contribution >= 0.6 is 0 Å². The normalized spacial score (nSPS) is 16.8. The molecular weight excluding hydrogens is 412 g/mol. The smallest absolute Gasteiger partial charge is 0.240 e. The zero-order valence-corrected chi connectivity index (χ0v) is 18.6. The number of rotatable bonds is 7. The summed E-state index contributed by atoms with van der Waals surface area (Å²) in [5.41, 5.74) is 3.54. The molecule has 0 spiro atoms. The molecule has 0 atom stereocenters. The van der Waals surface area contributed by atoms with Gasteiger partial charge in [0, 0.05) is 57.2 Å². The van der Waals surface area contributed by atoms with Crippen LogP contribution < -0.4 is 9.62 Å². The van der Waals surface area contributed by atoms with Crippen LogP contribution in [0.3, 0.4) is 0 Å². The molecule has 2 heterocycles. The molecule has 1 aliphatic carbocycles. The van der Waals surface area contributed by atoms with Crippen LogP contribution in [0, 0.1) is 0 Å². The molecule has 1 aliphatic heterocycles. The Hall–Kier alpha value is -2.45. The summed E-state index contributed by atoms with van der Waals surface area (Å²) >= 11 is 0. The first-order valence-electron chi connectivity index (χ1n) is 11.1. The molecule has 1 aromatic heterocycles. The van der Waals surface area contributed by atoms with Gasteiger partial charge in [0.05, 0.1) is 4.90 Å². The number of anilines is 1. The van der Waals surface area contributed by atoms with Crippen LogP contribution in [-0.2, 0) is 27.7 Å². The maximum absolute atomic E-state index is 12.6. The standard InChI is InChI=1S/C23H30N4O3S/c28-23(27-16-14-26(15-17-27)21-9-12-24-13-10-21)6-3-11-25-31(29,30)22-8-7-19-4-1-2-5-20(19)18-22/h7-10,12-13,18,25H,1-6,11,14-17H2. The van der Waals surface area contributed by atoms with Crippen molar-refractivity contribution in [3.8, 4) is 0 Å². The third kappa shape index (κ3) is 5.43. The summed E-state index contributed by atoms with van der Waals surface area (Å²) in [7, 11) is -3.54. The van der Waals surface area contributed by atoms with Gasteiger partial charge in [-0.2, -0.15) is 0 Å². The number of nitrogens with one attached hydrogen (secondary N) is 1. The number of piperazine rings is 1. The lowest BCUT2D eigenvalue weighted by atomic mass is 9.92. The predicted octanol–water partition coefficient (Wildman–Crippen LogP) is 2.37. The number of sulfonamides is 1. The van der Waals surface area contributed by atoms with E-state index in [0.29, 0.717) is 30.8 Å². The number of carbonyl (C=O) groups excluding carboxylic acids is 1. The van der Waals surface area contributed by atoms with E-state index in [4.69, 9.17) is 0 Å². The van der Waals surface area contributed by atoms with Crippen molar-refractivity contribution in [2.45, 2.75) is 43.4 Å². The first kappa shape index (κ1) is 21.8. The summed E-state index contributed by atoms with van der Waals surface area (Å²) in [6, 6.07) is 9.40. The molecule has 1 fully saturated rings. The van der Waals surface area contributed by atoms with Gasteiger partial charge in [0.25, 0.3) is 0 Å². The molecule has 1 aromatic carbocycles. The zero-order chi connectivity index (χ0) is 21.7. The van der Waals surface area contributed by atoms with Crippen molar-refractivity contribution in [1.29, 1.82) is 0 Å². The maximum Gasteiger partial charge on any atom is 0.240 e. The van der Waals surface area contributed by atoms with Crippen LogP contribution in [0.15, 0.2) is 47.6 Å². The molecule has 7 nitrogen and oxygen atoms in total. The summed E-state index contributed by atoms with van der Waals surface area (Å²) in [6.45, 7) is 3.22. The highest BCUT2D eigenvalue weighted by atomic mass is 32.2. The van der Waals surface area contributed by atoms with Crippen molar-refractivity contribution in [2.24, 2.45) is 0 Å². The lowest BCUT2D eigenvalue weighted by Gasteiger charge is -2.36. The molecular formula is C23H30N4O3S. The number of fused-ring (bicyclic) bond motifs is 1. The van der Waals surface area contributed by atoms with E-state index >= 15 is 0 Å². The van der Waals surface area contributed by atoms with Crippen molar-refractivity contribution < 1.29 is 13.2 Å². The molecule has 0 bridgehead atoms. The molecule has 2 aliphatic rings. The number of pyridine rings is 1. The first-order chi connectivity index (χ1) is 15.0. The number of benzene rings is 1. The average Bonchev–Trinajstić information content (AvgIpc) is 2.82. The van der Waals surface area contributed by atoms with E-state index in [1.807, 2.05) is 29.2 Å². The van der Waals surface area contributed by atoms with Gasteiger partial charge in [-0.15, -0.1) is 0 Å². The summed E-state index contributed by atoms with van der Waals surface area (Å²) in [5, 5.41) is 0. The Bertz CT molecular complexity index is 1000. The molecule has 1 N–H and O–H groups in total. The average molecular weight is 443 g/mol. The quantitative estimate of drug-likeness (QED) is 0.666. The van der Waals surface area contributed by atoms with E-state index in [1.54, 1.807) is 18.5 Å². The fraction of sp³-hybridized carbons (Fsp3) is 0.478. The molecule has 166 valence electrons. The number of hydrogen-bond acceptors (Lipinski definition) is 5. The molecule has 0 unspecified atom stereocenters. The SMILES string of the molecule is O=C(CCCNS(=O)(=O)c1ccc2c(c1)CCCC2)N1CCN(c2ccncc2)CC1. The summed E-state index contributed by atoms with van der Waals surface area (Å²) < 4.78 is 27.9. The molecule has 0 radical (unpaired) electrons. The zero-order valence-electron chi connectivity index (χ0n) is 17.8. The molecule has 2 aromatic rings. The van der Waals surface area contributed by atoms with Crippen LogP contribution in [0.1, 0.15) is 36.8 Å². The van der Waals surface area contributed by atoms with Gasteiger partial charge in [-0.3, -0.25) is 9.78 Å². The van der Waals surface area contributed by atoms with E-state index in [9.17, 15) is 13.2 Å². The van der Waals surface area contributed by atoms with Gasteiger partial charge in [0.2, 0.25) is 15.9 Å². The summed E-state index contributed by atoms with van der Waals surface area (Å²) in [5.74, 6) is 0.0855. The molecule has 0 saturated carbocycles. The summed E-state index contributed by atoms with van der Waals surface area (Å²) in [4.78, 5) is 21.0. The monoisotopic (exact) mass is 442 g/mol. The molecule has 8 heteroatoms. The lowest BCUT2D eigenvalue weighted by molar-refractivity contribution is -0.131. The van der Waals surface area contributed by atoms with E-state index < -0.39 is 10.0 Å². The highest BCUT2D eigenvalue weighted by Gasteiger charge is 2.22. The van der Waals surface area contributed by atoms with Crippen molar-refractivity contribution in [3.05, 3.63) is 53.9 Å². The van der Waals surface area contributed by atoms with Crippen LogP contribution in [0.2, 0.25) is 0 Å². The lowest BCUT2D eigenvalue weighted by Crippen LogP contribution is -2.48. The van der Waals surface area contributed by atoms with E-state index in [1.165, 1.54) is 12.0 Å². The predicted molar refractivity (Wildman–Crippen MR) is 121 cm³/mol. The Kier molecular flexibility index (Phi) is 6.87. The van der Waals surface area contributed by atoms with Crippen LogP contribution in [0.5, 0.6) is 0 Å². The molecule has 1 amide bonds. The Morgan fingerprint density at radius 1 is 0.968 bits per heavy atom. The van der Waals surface area contributed by atoms with E-state index in [2.05, 4.69) is 14.6 Å². The minimum Gasteiger partial charge on any atom is -0.368 e. The fourth-order valence-corrected chi connectivity index (χ4v) is 5.46. The molecule has 4 rings (SSSR count). The van der Waals surface area contributed by atoms with E-state index in [-0.39, 0.29) is 12.5 Å². The minimum atomic E-state index is -3.54. The van der Waals surface area contributed by atoms with Crippen LogP contribution in [0.4, 0.5) is 5.69 Å². The first-order valence-corrected chi connectivity index (χ1v) is 12.6. The molecule has 1 saturated heterocycles.